The highest BCUT2D eigenvalue weighted by Crippen LogP contribution is 2.21. The SMILES string of the molecule is CCCCn1c(-c2ccccc2)ccc(C(C)(C)N)c1=O. The first-order chi connectivity index (χ1) is 9.95. The van der Waals surface area contributed by atoms with Gasteiger partial charge < -0.3 is 10.3 Å². The van der Waals surface area contributed by atoms with Gasteiger partial charge in [0.1, 0.15) is 0 Å². The quantitative estimate of drug-likeness (QED) is 0.913. The van der Waals surface area contributed by atoms with Crippen LogP contribution in [0.25, 0.3) is 11.3 Å². The summed E-state index contributed by atoms with van der Waals surface area (Å²) in [5, 5.41) is 0. The summed E-state index contributed by atoms with van der Waals surface area (Å²) in [7, 11) is 0. The molecule has 3 nitrogen and oxygen atoms in total. The van der Waals surface area contributed by atoms with Gasteiger partial charge in [0, 0.05) is 17.6 Å². The summed E-state index contributed by atoms with van der Waals surface area (Å²) in [6.45, 7) is 6.60. The number of aromatic nitrogens is 1. The predicted octanol–water partition coefficient (Wildman–Crippen LogP) is 3.51. The van der Waals surface area contributed by atoms with Crippen LogP contribution in [0.5, 0.6) is 0 Å². The molecule has 3 heteroatoms. The van der Waals surface area contributed by atoms with Crippen molar-refractivity contribution in [2.75, 3.05) is 0 Å². The van der Waals surface area contributed by atoms with Crippen molar-refractivity contribution < 1.29 is 0 Å². The van der Waals surface area contributed by atoms with Crippen molar-refractivity contribution in [2.24, 2.45) is 5.73 Å². The molecule has 0 aliphatic heterocycles. The van der Waals surface area contributed by atoms with Gasteiger partial charge in [0.15, 0.2) is 0 Å². The summed E-state index contributed by atoms with van der Waals surface area (Å²) in [5.41, 5.74) is 8.22. The molecule has 2 aromatic rings. The summed E-state index contributed by atoms with van der Waals surface area (Å²) in [5.74, 6) is 0. The fourth-order valence-corrected chi connectivity index (χ4v) is 2.47. The Labute approximate surface area is 126 Å². The Bertz CT molecular complexity index is 651. The highest BCUT2D eigenvalue weighted by Gasteiger charge is 2.20. The smallest absolute Gasteiger partial charge is 0.256 e. The van der Waals surface area contributed by atoms with Gasteiger partial charge in [0.2, 0.25) is 0 Å². The van der Waals surface area contributed by atoms with Gasteiger partial charge >= 0.3 is 0 Å². The minimum atomic E-state index is -0.625. The number of pyridine rings is 1. The molecule has 0 radical (unpaired) electrons. The van der Waals surface area contributed by atoms with Gasteiger partial charge in [-0.25, -0.2) is 0 Å². The maximum atomic E-state index is 12.8. The molecule has 0 atom stereocenters. The molecule has 2 rings (SSSR count). The van der Waals surface area contributed by atoms with Crippen molar-refractivity contribution in [2.45, 2.75) is 45.7 Å². The molecule has 2 N–H and O–H groups in total. The van der Waals surface area contributed by atoms with Crippen LogP contribution in [0.1, 0.15) is 39.2 Å². The number of hydrogen-bond acceptors (Lipinski definition) is 2. The first kappa shape index (κ1) is 15.5. The summed E-state index contributed by atoms with van der Waals surface area (Å²) >= 11 is 0. The first-order valence-corrected chi connectivity index (χ1v) is 7.53. The molecule has 0 spiro atoms. The topological polar surface area (TPSA) is 48.0 Å². The maximum absolute atomic E-state index is 12.8. The Morgan fingerprint density at radius 2 is 1.76 bits per heavy atom. The van der Waals surface area contributed by atoms with Crippen molar-refractivity contribution in [3.05, 3.63) is 58.4 Å². The average molecular weight is 284 g/mol. The number of rotatable bonds is 5. The fourth-order valence-electron chi connectivity index (χ4n) is 2.47. The highest BCUT2D eigenvalue weighted by atomic mass is 16.1. The number of benzene rings is 1. The zero-order valence-electron chi connectivity index (χ0n) is 13.1. The first-order valence-electron chi connectivity index (χ1n) is 7.53. The lowest BCUT2D eigenvalue weighted by molar-refractivity contribution is 0.528. The van der Waals surface area contributed by atoms with Crippen molar-refractivity contribution in [1.82, 2.24) is 4.57 Å². The van der Waals surface area contributed by atoms with E-state index in [1.165, 1.54) is 0 Å². The highest BCUT2D eigenvalue weighted by molar-refractivity contribution is 5.59. The van der Waals surface area contributed by atoms with E-state index in [1.807, 2.05) is 60.9 Å². The molecule has 1 aromatic heterocycles. The Morgan fingerprint density at radius 1 is 1.10 bits per heavy atom. The molecule has 0 amide bonds. The minimum Gasteiger partial charge on any atom is -0.322 e. The van der Waals surface area contributed by atoms with E-state index in [-0.39, 0.29) is 5.56 Å². The van der Waals surface area contributed by atoms with Gasteiger partial charge in [0.05, 0.1) is 5.69 Å². The Morgan fingerprint density at radius 3 is 2.33 bits per heavy atom. The van der Waals surface area contributed by atoms with Crippen LogP contribution in [0.15, 0.2) is 47.3 Å². The number of hydrogen-bond donors (Lipinski definition) is 1. The van der Waals surface area contributed by atoms with Crippen LogP contribution in [0, 0.1) is 0 Å². The largest absolute Gasteiger partial charge is 0.322 e. The monoisotopic (exact) mass is 284 g/mol. The zero-order chi connectivity index (χ0) is 15.5. The normalized spacial score (nSPS) is 11.6. The molecule has 1 aromatic carbocycles. The van der Waals surface area contributed by atoms with E-state index >= 15 is 0 Å². The third-order valence-corrected chi connectivity index (χ3v) is 3.67. The fraction of sp³-hybridized carbons (Fsp3) is 0.389. The van der Waals surface area contributed by atoms with Crippen LogP contribution in [0.4, 0.5) is 0 Å². The van der Waals surface area contributed by atoms with Crippen LogP contribution in [-0.4, -0.2) is 4.57 Å². The Kier molecular flexibility index (Phi) is 4.63. The van der Waals surface area contributed by atoms with Gasteiger partial charge in [-0.3, -0.25) is 4.79 Å². The van der Waals surface area contributed by atoms with E-state index in [0.29, 0.717) is 5.56 Å². The number of nitrogens with two attached hydrogens (primary N) is 1. The third-order valence-electron chi connectivity index (χ3n) is 3.67. The number of unbranched alkanes of at least 4 members (excludes halogenated alkanes) is 1. The van der Waals surface area contributed by atoms with Crippen LogP contribution in [-0.2, 0) is 12.1 Å². The van der Waals surface area contributed by atoms with Crippen LogP contribution in [0.2, 0.25) is 0 Å². The van der Waals surface area contributed by atoms with Crippen molar-refractivity contribution in [3.63, 3.8) is 0 Å². The lowest BCUT2D eigenvalue weighted by Gasteiger charge is -2.22. The molecular weight excluding hydrogens is 260 g/mol. The third kappa shape index (κ3) is 3.42. The molecular formula is C18H24N2O. The lowest BCUT2D eigenvalue weighted by Crippen LogP contribution is -2.38. The summed E-state index contributed by atoms with van der Waals surface area (Å²) in [6, 6.07) is 13.9. The van der Waals surface area contributed by atoms with Crippen molar-refractivity contribution in [3.8, 4) is 11.3 Å². The minimum absolute atomic E-state index is 0.0253. The second kappa shape index (κ2) is 6.27. The van der Waals surface area contributed by atoms with Crippen LogP contribution < -0.4 is 11.3 Å². The molecule has 0 aliphatic rings. The maximum Gasteiger partial charge on any atom is 0.256 e. The van der Waals surface area contributed by atoms with E-state index in [0.717, 1.165) is 30.6 Å². The van der Waals surface area contributed by atoms with Gasteiger partial charge in [-0.1, -0.05) is 43.7 Å². The molecule has 0 fully saturated rings. The van der Waals surface area contributed by atoms with Crippen molar-refractivity contribution in [1.29, 1.82) is 0 Å². The molecule has 112 valence electrons. The molecule has 0 bridgehead atoms. The van der Waals surface area contributed by atoms with Gasteiger partial charge in [0.25, 0.3) is 5.56 Å². The second-order valence-corrected chi connectivity index (χ2v) is 6.03. The molecule has 1 heterocycles. The van der Waals surface area contributed by atoms with Gasteiger partial charge in [-0.15, -0.1) is 0 Å². The molecule has 21 heavy (non-hydrogen) atoms. The van der Waals surface area contributed by atoms with Crippen LogP contribution >= 0.6 is 0 Å². The summed E-state index contributed by atoms with van der Waals surface area (Å²) in [6.07, 6.45) is 2.03. The standard InChI is InChI=1S/C18H24N2O/c1-4-5-13-20-16(14-9-7-6-8-10-14)12-11-15(17(20)21)18(2,3)19/h6-12H,4-5,13,19H2,1-3H3. The van der Waals surface area contributed by atoms with E-state index in [9.17, 15) is 4.79 Å². The molecule has 0 unspecified atom stereocenters. The van der Waals surface area contributed by atoms with Gasteiger partial charge in [-0.2, -0.15) is 0 Å². The van der Waals surface area contributed by atoms with E-state index < -0.39 is 5.54 Å². The average Bonchev–Trinajstić information content (AvgIpc) is 2.45. The van der Waals surface area contributed by atoms with E-state index in [4.69, 9.17) is 5.73 Å². The molecule has 0 saturated carbocycles. The predicted molar refractivity (Wildman–Crippen MR) is 88.3 cm³/mol. The Balaban J connectivity index is 2.61. The second-order valence-electron chi connectivity index (χ2n) is 6.03. The molecule has 0 saturated heterocycles. The summed E-state index contributed by atoms with van der Waals surface area (Å²) < 4.78 is 1.86. The van der Waals surface area contributed by atoms with Crippen LogP contribution in [0.3, 0.4) is 0 Å². The molecule has 0 aliphatic carbocycles. The Hall–Kier alpha value is -1.87. The van der Waals surface area contributed by atoms with Gasteiger partial charge in [-0.05, 0) is 38.0 Å². The lowest BCUT2D eigenvalue weighted by atomic mass is 9.96. The summed E-state index contributed by atoms with van der Waals surface area (Å²) in [4.78, 5) is 12.8. The van der Waals surface area contributed by atoms with E-state index in [2.05, 4.69) is 6.92 Å². The van der Waals surface area contributed by atoms with Crippen molar-refractivity contribution >= 4 is 0 Å². The van der Waals surface area contributed by atoms with E-state index in [1.54, 1.807) is 0 Å². The number of nitrogens with zero attached hydrogens (tertiary/aromatic N) is 1. The zero-order valence-corrected chi connectivity index (χ0v) is 13.1.